The van der Waals surface area contributed by atoms with Gasteiger partial charge in [0.2, 0.25) is 0 Å². The molecule has 166 valence electrons. The summed E-state index contributed by atoms with van der Waals surface area (Å²) in [4.78, 5) is 0. The molecular formula is C25H21F4NO2. The number of alkyl halides is 4. The first kappa shape index (κ1) is 23.1. The second-order valence-electron chi connectivity index (χ2n) is 7.20. The highest BCUT2D eigenvalue weighted by atomic mass is 19.3. The molecular weight excluding hydrogens is 422 g/mol. The summed E-state index contributed by atoms with van der Waals surface area (Å²) in [6.07, 6.45) is -4.54. The number of aryl methyl sites for hydroxylation is 1. The third-order valence-corrected chi connectivity index (χ3v) is 4.77. The molecule has 0 aliphatic heterocycles. The summed E-state index contributed by atoms with van der Waals surface area (Å²) in [7, 11) is 0. The molecule has 3 aromatic rings. The number of rotatable bonds is 9. The van der Waals surface area contributed by atoms with Gasteiger partial charge >= 0.3 is 12.2 Å². The van der Waals surface area contributed by atoms with Crippen molar-refractivity contribution in [1.82, 2.24) is 0 Å². The lowest BCUT2D eigenvalue weighted by atomic mass is 10.1. The molecule has 0 amide bonds. The number of nitrogens with zero attached hydrogens (tertiary/aromatic N) is 1. The first-order valence-corrected chi connectivity index (χ1v) is 10.1. The summed E-state index contributed by atoms with van der Waals surface area (Å²) in [6, 6.07) is 16.9. The second kappa shape index (κ2) is 9.73. The number of unbranched alkanes of at least 4 members (excludes halogenated alkanes) is 1. The first-order valence-electron chi connectivity index (χ1n) is 10.1. The van der Waals surface area contributed by atoms with Crippen LogP contribution >= 0.6 is 0 Å². The quantitative estimate of drug-likeness (QED) is 0.330. The minimum absolute atomic E-state index is 0.136. The molecule has 0 saturated heterocycles. The highest BCUT2D eigenvalue weighted by Crippen LogP contribution is 2.35. The molecule has 0 spiro atoms. The van der Waals surface area contributed by atoms with E-state index < -0.39 is 17.8 Å². The normalized spacial score (nSPS) is 11.6. The summed E-state index contributed by atoms with van der Waals surface area (Å²) in [6.45, 7) is 2.05. The molecule has 0 aliphatic rings. The molecule has 0 aromatic heterocycles. The molecule has 0 atom stereocenters. The number of ether oxygens (including phenoxy) is 2. The first-order chi connectivity index (χ1) is 15.2. The van der Waals surface area contributed by atoms with E-state index in [1.54, 1.807) is 12.1 Å². The van der Waals surface area contributed by atoms with Crippen molar-refractivity contribution in [2.45, 2.75) is 38.4 Å². The van der Waals surface area contributed by atoms with Gasteiger partial charge in [0, 0.05) is 0 Å². The number of hydrogen-bond acceptors (Lipinski definition) is 3. The number of halogens is 4. The number of hydrogen-bond donors (Lipinski definition) is 0. The van der Waals surface area contributed by atoms with Gasteiger partial charge in [0.1, 0.15) is 11.5 Å². The van der Waals surface area contributed by atoms with Gasteiger partial charge in [0.05, 0.1) is 22.8 Å². The van der Waals surface area contributed by atoms with E-state index >= 15 is 0 Å². The van der Waals surface area contributed by atoms with Crippen LogP contribution < -0.4 is 9.47 Å². The van der Waals surface area contributed by atoms with E-state index in [9.17, 15) is 17.6 Å². The maximum atomic E-state index is 14.5. The van der Waals surface area contributed by atoms with Crippen molar-refractivity contribution in [3.05, 3.63) is 95.1 Å². The minimum Gasteiger partial charge on any atom is -0.429 e. The van der Waals surface area contributed by atoms with Crippen molar-refractivity contribution in [3.63, 3.8) is 0 Å². The predicted octanol–water partition coefficient (Wildman–Crippen LogP) is 7.16. The van der Waals surface area contributed by atoms with Crippen LogP contribution in [0.25, 0.3) is 0 Å². The van der Waals surface area contributed by atoms with E-state index in [1.165, 1.54) is 36.4 Å². The molecule has 0 heterocycles. The van der Waals surface area contributed by atoms with E-state index in [4.69, 9.17) is 14.7 Å². The van der Waals surface area contributed by atoms with Gasteiger partial charge in [-0.2, -0.15) is 22.8 Å². The standard InChI is InChI=1S/C25H21F4NO2/c1-2-3-4-18-5-9-20(10-6-18)24(26,27)32-23-15-11-21(12-16-23)25(28,29)31-22-13-7-19(17-30)8-14-22/h5-16H,2-4H2,1H3. The molecule has 0 fully saturated rings. The topological polar surface area (TPSA) is 42.2 Å². The van der Waals surface area contributed by atoms with Crippen molar-refractivity contribution >= 4 is 0 Å². The maximum Gasteiger partial charge on any atom is 0.426 e. The van der Waals surface area contributed by atoms with Crippen LogP contribution in [0.3, 0.4) is 0 Å². The molecule has 3 aromatic carbocycles. The maximum absolute atomic E-state index is 14.5. The van der Waals surface area contributed by atoms with Gasteiger partial charge in [-0.05, 0) is 79.1 Å². The van der Waals surface area contributed by atoms with Crippen LogP contribution in [-0.4, -0.2) is 0 Å². The molecule has 0 saturated carbocycles. The second-order valence-corrected chi connectivity index (χ2v) is 7.20. The van der Waals surface area contributed by atoms with E-state index in [0.717, 1.165) is 49.1 Å². The van der Waals surface area contributed by atoms with Gasteiger partial charge in [0.15, 0.2) is 0 Å². The largest absolute Gasteiger partial charge is 0.429 e. The summed E-state index contributed by atoms with van der Waals surface area (Å²) in [5, 5.41) is 8.76. The minimum atomic E-state index is -3.70. The zero-order valence-corrected chi connectivity index (χ0v) is 17.3. The fourth-order valence-corrected chi connectivity index (χ4v) is 2.97. The van der Waals surface area contributed by atoms with Gasteiger partial charge < -0.3 is 9.47 Å². The molecule has 7 heteroatoms. The molecule has 0 bridgehead atoms. The Hall–Kier alpha value is -3.53. The molecule has 0 N–H and O–H groups in total. The van der Waals surface area contributed by atoms with E-state index in [0.29, 0.717) is 5.56 Å². The lowest BCUT2D eigenvalue weighted by Crippen LogP contribution is -2.23. The van der Waals surface area contributed by atoms with Crippen LogP contribution in [0.1, 0.15) is 42.0 Å². The average molecular weight is 443 g/mol. The zero-order chi connectivity index (χ0) is 23.2. The third-order valence-electron chi connectivity index (χ3n) is 4.77. The SMILES string of the molecule is CCCCc1ccc(C(F)(F)Oc2ccc(C(F)(F)Oc3ccc(C#N)cc3)cc2)cc1. The van der Waals surface area contributed by atoms with Crippen molar-refractivity contribution in [1.29, 1.82) is 5.26 Å². The Balaban J connectivity index is 1.68. The smallest absolute Gasteiger partial charge is 0.426 e. The molecule has 0 aliphatic carbocycles. The Morgan fingerprint density at radius 2 is 1.16 bits per heavy atom. The zero-order valence-electron chi connectivity index (χ0n) is 17.3. The van der Waals surface area contributed by atoms with Crippen LogP contribution in [0.4, 0.5) is 17.6 Å². The van der Waals surface area contributed by atoms with Crippen LogP contribution in [-0.2, 0) is 18.6 Å². The van der Waals surface area contributed by atoms with Gasteiger partial charge in [-0.15, -0.1) is 0 Å². The van der Waals surface area contributed by atoms with E-state index in [1.807, 2.05) is 6.07 Å². The van der Waals surface area contributed by atoms with Gasteiger partial charge in [-0.1, -0.05) is 25.5 Å². The molecule has 3 nitrogen and oxygen atoms in total. The van der Waals surface area contributed by atoms with Crippen molar-refractivity contribution in [2.24, 2.45) is 0 Å². The van der Waals surface area contributed by atoms with Gasteiger partial charge in [0.25, 0.3) is 0 Å². The lowest BCUT2D eigenvalue weighted by molar-refractivity contribution is -0.187. The summed E-state index contributed by atoms with van der Waals surface area (Å²) in [5.41, 5.74) is 0.410. The van der Waals surface area contributed by atoms with Crippen LogP contribution in [0.5, 0.6) is 11.5 Å². The summed E-state index contributed by atoms with van der Waals surface area (Å²) in [5.74, 6) is -0.397. The average Bonchev–Trinajstić information content (AvgIpc) is 2.78. The highest BCUT2D eigenvalue weighted by Gasteiger charge is 2.36. The fourth-order valence-electron chi connectivity index (χ4n) is 2.97. The highest BCUT2D eigenvalue weighted by molar-refractivity contribution is 5.36. The Kier molecular flexibility index (Phi) is 7.04. The van der Waals surface area contributed by atoms with E-state index in [2.05, 4.69) is 6.92 Å². The Morgan fingerprint density at radius 1 is 0.719 bits per heavy atom. The fraction of sp³-hybridized carbons (Fsp3) is 0.240. The monoisotopic (exact) mass is 443 g/mol. The predicted molar refractivity (Wildman–Crippen MR) is 112 cm³/mol. The molecule has 3 rings (SSSR count). The number of nitriles is 1. The molecule has 0 unspecified atom stereocenters. The Morgan fingerprint density at radius 3 is 1.59 bits per heavy atom. The van der Waals surface area contributed by atoms with Crippen LogP contribution in [0.15, 0.2) is 72.8 Å². The van der Waals surface area contributed by atoms with Crippen molar-refractivity contribution < 1.29 is 27.0 Å². The van der Waals surface area contributed by atoms with Crippen LogP contribution in [0.2, 0.25) is 0 Å². The van der Waals surface area contributed by atoms with Crippen molar-refractivity contribution in [3.8, 4) is 17.6 Å². The van der Waals surface area contributed by atoms with Crippen molar-refractivity contribution in [2.75, 3.05) is 0 Å². The number of benzene rings is 3. The summed E-state index contributed by atoms with van der Waals surface area (Å²) < 4.78 is 67.3. The third kappa shape index (κ3) is 5.79. The van der Waals surface area contributed by atoms with E-state index in [-0.39, 0.29) is 17.1 Å². The van der Waals surface area contributed by atoms with Gasteiger partial charge in [-0.3, -0.25) is 0 Å². The lowest BCUT2D eigenvalue weighted by Gasteiger charge is -2.20. The van der Waals surface area contributed by atoms with Gasteiger partial charge in [-0.25, -0.2) is 0 Å². The molecule has 32 heavy (non-hydrogen) atoms. The Bertz CT molecular complexity index is 1060. The molecule has 0 radical (unpaired) electrons. The summed E-state index contributed by atoms with van der Waals surface area (Å²) >= 11 is 0. The van der Waals surface area contributed by atoms with Crippen LogP contribution in [0, 0.1) is 11.3 Å². The Labute approximate surface area is 183 Å².